The Morgan fingerprint density at radius 3 is 0.541 bits per heavy atom. The Morgan fingerprint density at radius 2 is 0.377 bits per heavy atom. The van der Waals surface area contributed by atoms with Crippen molar-refractivity contribution < 1.29 is 45.6 Å². The van der Waals surface area contributed by atoms with E-state index in [2.05, 4.69) is 0 Å². The molecule has 0 radical (unpaired) electrons. The summed E-state index contributed by atoms with van der Waals surface area (Å²) in [7, 11) is 0. The normalized spacial score (nSPS) is 11.8. The average Bonchev–Trinajstić information content (AvgIpc) is 3.27. The number of ether oxygens (including phenoxy) is 1. The van der Waals surface area contributed by atoms with Gasteiger partial charge in [0.1, 0.15) is 57.2 Å². The second kappa shape index (κ2) is 16.4. The Labute approximate surface area is 352 Å². The Balaban J connectivity index is 1.61. The molecule has 8 N–H and O–H groups in total. The van der Waals surface area contributed by atoms with E-state index in [-0.39, 0.29) is 46.0 Å². The van der Waals surface area contributed by atoms with Gasteiger partial charge in [-0.3, -0.25) is 0 Å². The number of phenolic OH excluding ortho intramolecular Hbond substituents is 8. The van der Waals surface area contributed by atoms with E-state index in [4.69, 9.17) is 4.74 Å². The smallest absolute Gasteiger partial charge is 0.131 e. The van der Waals surface area contributed by atoms with Crippen LogP contribution in [0.25, 0.3) is 0 Å². The molecule has 0 atom stereocenters. The fraction of sp³-hybridized carbons (Fsp3) is 0.0769. The zero-order chi connectivity index (χ0) is 42.7. The summed E-state index contributed by atoms with van der Waals surface area (Å²) in [5, 5.41) is 85.8. The van der Waals surface area contributed by atoms with E-state index >= 15 is 0 Å². The van der Waals surface area contributed by atoms with Crippen molar-refractivity contribution in [3.8, 4) is 46.0 Å². The summed E-state index contributed by atoms with van der Waals surface area (Å²) in [6, 6.07) is 53.3. The summed E-state index contributed by atoms with van der Waals surface area (Å²) in [6.07, 6.45) is 0. The molecule has 0 aromatic heterocycles. The van der Waals surface area contributed by atoms with Crippen molar-refractivity contribution in [2.45, 2.75) is 23.0 Å². The van der Waals surface area contributed by atoms with Gasteiger partial charge in [-0.2, -0.15) is 0 Å². The van der Waals surface area contributed by atoms with Gasteiger partial charge in [0.25, 0.3) is 0 Å². The highest BCUT2D eigenvalue weighted by Crippen LogP contribution is 2.59. The predicted molar refractivity (Wildman–Crippen MR) is 231 cm³/mol. The molecule has 0 saturated carbocycles. The highest BCUT2D eigenvalue weighted by atomic mass is 16.5. The molecular formula is C52H42O9. The zero-order valence-corrected chi connectivity index (χ0v) is 32.6. The van der Waals surface area contributed by atoms with Gasteiger partial charge < -0.3 is 45.6 Å². The summed E-state index contributed by atoms with van der Waals surface area (Å²) < 4.78 is 8.42. The molecule has 9 heteroatoms. The Hall–Kier alpha value is -7.88. The van der Waals surface area contributed by atoms with Gasteiger partial charge in [0, 0.05) is 11.8 Å². The molecule has 304 valence electrons. The zero-order valence-electron chi connectivity index (χ0n) is 32.6. The Kier molecular flexibility index (Phi) is 10.7. The molecule has 8 aromatic rings. The second-order valence-electron chi connectivity index (χ2n) is 15.0. The summed E-state index contributed by atoms with van der Waals surface area (Å²) >= 11 is 0. The van der Waals surface area contributed by atoms with Crippen LogP contribution < -0.4 is 0 Å². The summed E-state index contributed by atoms with van der Waals surface area (Å²) in [5.74, 6) is -1.65. The lowest BCUT2D eigenvalue weighted by Gasteiger charge is -2.52. The minimum Gasteiger partial charge on any atom is -0.508 e. The minimum atomic E-state index is -1.71. The molecule has 8 rings (SSSR count). The molecule has 0 aliphatic carbocycles. The van der Waals surface area contributed by atoms with Crippen LogP contribution in [0, 0.1) is 0 Å². The number of aromatic hydroxyl groups is 8. The third kappa shape index (κ3) is 7.73. The molecule has 0 heterocycles. The van der Waals surface area contributed by atoms with Gasteiger partial charge in [0.15, 0.2) is 0 Å². The van der Waals surface area contributed by atoms with Gasteiger partial charge in [-0.15, -0.1) is 0 Å². The third-order valence-corrected chi connectivity index (χ3v) is 11.2. The fourth-order valence-corrected chi connectivity index (χ4v) is 8.43. The topological polar surface area (TPSA) is 171 Å². The van der Waals surface area contributed by atoms with Crippen LogP contribution in [0.4, 0.5) is 0 Å². The SMILES string of the molecule is Oc1ccc(C(c2ccc(O)cc2)C(OC(c2ccc(O)cc2)(c2ccc(O)cc2)C(c2ccc(O)cc2)c2ccc(O)cc2)(c2ccc(O)cc2)c2ccc(O)cc2)cc1. The lowest BCUT2D eigenvalue weighted by atomic mass is 9.65. The molecule has 8 aromatic carbocycles. The summed E-state index contributed by atoms with van der Waals surface area (Å²) in [5.41, 5.74) is 1.41. The van der Waals surface area contributed by atoms with Crippen LogP contribution >= 0.6 is 0 Å². The molecule has 0 spiro atoms. The average molecular weight is 811 g/mol. The predicted octanol–water partition coefficient (Wildman–Crippen LogP) is 10.2. The first-order valence-electron chi connectivity index (χ1n) is 19.5. The van der Waals surface area contributed by atoms with E-state index in [0.717, 1.165) is 0 Å². The quantitative estimate of drug-likeness (QED) is 0.0598. The van der Waals surface area contributed by atoms with Crippen molar-refractivity contribution in [2.24, 2.45) is 0 Å². The van der Waals surface area contributed by atoms with Crippen LogP contribution in [-0.2, 0) is 15.9 Å². The lowest BCUT2D eigenvalue weighted by Crippen LogP contribution is -2.50. The summed E-state index contributed by atoms with van der Waals surface area (Å²) in [6.45, 7) is 0. The second-order valence-corrected chi connectivity index (χ2v) is 15.0. The van der Waals surface area contributed by atoms with Crippen LogP contribution in [0.15, 0.2) is 194 Å². The molecule has 0 amide bonds. The van der Waals surface area contributed by atoms with Gasteiger partial charge in [0.2, 0.25) is 0 Å². The van der Waals surface area contributed by atoms with Gasteiger partial charge in [-0.25, -0.2) is 0 Å². The van der Waals surface area contributed by atoms with Crippen molar-refractivity contribution in [3.63, 3.8) is 0 Å². The van der Waals surface area contributed by atoms with Gasteiger partial charge in [-0.1, -0.05) is 97.1 Å². The summed E-state index contributed by atoms with van der Waals surface area (Å²) in [4.78, 5) is 0. The van der Waals surface area contributed by atoms with Gasteiger partial charge >= 0.3 is 0 Å². The minimum absolute atomic E-state index is 0.0106. The Morgan fingerprint density at radius 1 is 0.230 bits per heavy atom. The molecule has 0 unspecified atom stereocenters. The van der Waals surface area contributed by atoms with Crippen LogP contribution in [0.5, 0.6) is 46.0 Å². The first kappa shape index (κ1) is 39.9. The van der Waals surface area contributed by atoms with E-state index in [1.807, 2.05) is 0 Å². The van der Waals surface area contributed by atoms with E-state index in [1.54, 1.807) is 194 Å². The van der Waals surface area contributed by atoms with E-state index in [9.17, 15) is 40.9 Å². The van der Waals surface area contributed by atoms with E-state index in [0.29, 0.717) is 44.5 Å². The van der Waals surface area contributed by atoms with Crippen LogP contribution in [-0.4, -0.2) is 40.9 Å². The van der Waals surface area contributed by atoms with Crippen molar-refractivity contribution in [1.29, 1.82) is 0 Å². The van der Waals surface area contributed by atoms with Crippen molar-refractivity contribution in [1.82, 2.24) is 0 Å². The van der Waals surface area contributed by atoms with Crippen molar-refractivity contribution >= 4 is 0 Å². The monoisotopic (exact) mass is 810 g/mol. The molecular weight excluding hydrogens is 769 g/mol. The third-order valence-electron chi connectivity index (χ3n) is 11.2. The first-order chi connectivity index (χ1) is 29.5. The lowest BCUT2D eigenvalue weighted by molar-refractivity contribution is -0.142. The maximum atomic E-state index is 10.8. The molecule has 0 saturated heterocycles. The molecule has 0 aliphatic heterocycles. The molecule has 0 bridgehead atoms. The van der Waals surface area contributed by atoms with Crippen LogP contribution in [0.2, 0.25) is 0 Å². The van der Waals surface area contributed by atoms with Crippen molar-refractivity contribution in [2.75, 3.05) is 0 Å². The largest absolute Gasteiger partial charge is 0.508 e. The molecule has 9 nitrogen and oxygen atoms in total. The van der Waals surface area contributed by atoms with Gasteiger partial charge in [0.05, 0.1) is 0 Å². The standard InChI is InChI=1S/C52H42O9/c53-41-17-1-33(2-18-41)49(34-3-19-42(54)20-4-34)51(37-9-25-45(57)26-10-37,38-11-27-46(58)28-12-38)61-52(39-13-29-47(59)30-14-39,40-15-31-48(60)32-16-40)50(35-5-21-43(55)22-6-35)36-7-23-44(56)24-8-36/h1-32,49-50,53-60H. The van der Waals surface area contributed by atoms with Gasteiger partial charge in [-0.05, 0) is 142 Å². The van der Waals surface area contributed by atoms with Crippen LogP contribution in [0.3, 0.4) is 0 Å². The number of benzene rings is 8. The maximum absolute atomic E-state index is 10.8. The Bertz CT molecular complexity index is 2320. The molecule has 0 fully saturated rings. The molecule has 61 heavy (non-hydrogen) atoms. The number of hydrogen-bond acceptors (Lipinski definition) is 9. The highest BCUT2D eigenvalue weighted by Gasteiger charge is 2.55. The van der Waals surface area contributed by atoms with E-state index < -0.39 is 23.0 Å². The highest BCUT2D eigenvalue weighted by molar-refractivity contribution is 5.56. The fourth-order valence-electron chi connectivity index (χ4n) is 8.43. The number of hydrogen-bond donors (Lipinski definition) is 8. The maximum Gasteiger partial charge on any atom is 0.131 e. The van der Waals surface area contributed by atoms with Crippen LogP contribution in [0.1, 0.15) is 56.3 Å². The molecule has 0 aliphatic rings. The van der Waals surface area contributed by atoms with E-state index in [1.165, 1.54) is 0 Å². The van der Waals surface area contributed by atoms with Crippen molar-refractivity contribution in [3.05, 3.63) is 239 Å². The number of phenols is 8. The number of rotatable bonds is 12. The first-order valence-corrected chi connectivity index (χ1v) is 19.5.